The molecule has 0 N–H and O–H groups in total. The Morgan fingerprint density at radius 3 is 2.56 bits per heavy atom. The van der Waals surface area contributed by atoms with Gasteiger partial charge < -0.3 is 4.74 Å². The van der Waals surface area contributed by atoms with Gasteiger partial charge in [0.25, 0.3) is 0 Å². The summed E-state index contributed by atoms with van der Waals surface area (Å²) in [6.45, 7) is 3.66. The molecule has 0 amide bonds. The molecule has 1 unspecified atom stereocenters. The van der Waals surface area contributed by atoms with Gasteiger partial charge in [0, 0.05) is 4.47 Å². The summed E-state index contributed by atoms with van der Waals surface area (Å²) in [5, 5.41) is 0. The van der Waals surface area contributed by atoms with Crippen LogP contribution in [0.25, 0.3) is 0 Å². The molecule has 18 heavy (non-hydrogen) atoms. The van der Waals surface area contributed by atoms with Crippen LogP contribution in [0.2, 0.25) is 0 Å². The zero-order chi connectivity index (χ0) is 13.7. The average Bonchev–Trinajstić information content (AvgIpc) is 2.27. The number of hydrogen-bond donors (Lipinski definition) is 0. The fraction of sp³-hybridized carbons (Fsp3) is 0.385. The fourth-order valence-electron chi connectivity index (χ4n) is 1.54. The molecule has 1 atom stereocenters. The molecule has 0 aliphatic heterocycles. The van der Waals surface area contributed by atoms with Crippen LogP contribution in [0, 0.1) is 0 Å². The number of benzene rings is 1. The summed E-state index contributed by atoms with van der Waals surface area (Å²) in [6.07, 6.45) is 0.206. The lowest BCUT2D eigenvalue weighted by molar-refractivity contribution is -0.142. The van der Waals surface area contributed by atoms with Crippen molar-refractivity contribution >= 4 is 43.6 Å². The van der Waals surface area contributed by atoms with Gasteiger partial charge in [-0.05, 0) is 37.1 Å². The van der Waals surface area contributed by atoms with Crippen LogP contribution < -0.4 is 0 Å². The third kappa shape index (κ3) is 4.53. The number of carbonyl (C=O) groups is 2. The molecule has 0 heterocycles. The molecule has 1 aromatic carbocycles. The number of ketones is 1. The summed E-state index contributed by atoms with van der Waals surface area (Å²) in [7, 11) is 0. The standard InChI is InChI=1S/C13H14Br2O3/c1-3-18-12(17)6-9-4-10(7-11(14)5-9)13(15)8(2)16/h4-5,7,13H,3,6H2,1-2H3. The molecular formula is C13H14Br2O3. The molecule has 1 rings (SSSR count). The van der Waals surface area contributed by atoms with Crippen LogP contribution in [-0.4, -0.2) is 18.4 Å². The number of ether oxygens (including phenoxy) is 1. The molecule has 0 saturated heterocycles. The van der Waals surface area contributed by atoms with Crippen molar-refractivity contribution in [3.63, 3.8) is 0 Å². The molecule has 0 fully saturated rings. The number of rotatable bonds is 5. The minimum absolute atomic E-state index is 0.0233. The Balaban J connectivity index is 2.94. The normalized spacial score (nSPS) is 12.0. The average molecular weight is 378 g/mol. The van der Waals surface area contributed by atoms with E-state index in [0.29, 0.717) is 6.61 Å². The highest BCUT2D eigenvalue weighted by Crippen LogP contribution is 2.28. The predicted octanol–water partition coefficient (Wildman–Crippen LogP) is 3.58. The van der Waals surface area contributed by atoms with Gasteiger partial charge in [0.15, 0.2) is 0 Å². The topological polar surface area (TPSA) is 43.4 Å². The Hall–Kier alpha value is -0.680. The van der Waals surface area contributed by atoms with Crippen LogP contribution in [0.3, 0.4) is 0 Å². The van der Waals surface area contributed by atoms with Crippen molar-refractivity contribution in [3.8, 4) is 0 Å². The van der Waals surface area contributed by atoms with Gasteiger partial charge in [-0.25, -0.2) is 0 Å². The minimum Gasteiger partial charge on any atom is -0.466 e. The highest BCUT2D eigenvalue weighted by Gasteiger charge is 2.15. The first-order valence-electron chi connectivity index (χ1n) is 5.53. The van der Waals surface area contributed by atoms with Gasteiger partial charge in [-0.15, -0.1) is 0 Å². The summed E-state index contributed by atoms with van der Waals surface area (Å²) in [4.78, 5) is 22.4. The van der Waals surface area contributed by atoms with E-state index in [2.05, 4.69) is 31.9 Å². The first-order valence-corrected chi connectivity index (χ1v) is 7.24. The zero-order valence-corrected chi connectivity index (χ0v) is 13.4. The van der Waals surface area contributed by atoms with E-state index < -0.39 is 0 Å². The van der Waals surface area contributed by atoms with Crippen LogP contribution in [0.15, 0.2) is 22.7 Å². The summed E-state index contributed by atoms with van der Waals surface area (Å²) in [6, 6.07) is 5.54. The molecule has 0 radical (unpaired) electrons. The first-order chi connectivity index (χ1) is 8.43. The Kier molecular flexibility index (Phi) is 6.02. The Morgan fingerprint density at radius 1 is 1.33 bits per heavy atom. The lowest BCUT2D eigenvalue weighted by Crippen LogP contribution is -2.08. The fourth-order valence-corrected chi connectivity index (χ4v) is 2.36. The lowest BCUT2D eigenvalue weighted by Gasteiger charge is -2.10. The van der Waals surface area contributed by atoms with Gasteiger partial charge in [-0.2, -0.15) is 0 Å². The lowest BCUT2D eigenvalue weighted by atomic mass is 10.0. The van der Waals surface area contributed by atoms with E-state index in [-0.39, 0.29) is 23.0 Å². The van der Waals surface area contributed by atoms with E-state index in [0.717, 1.165) is 15.6 Å². The second-order valence-corrected chi connectivity index (χ2v) is 5.68. The minimum atomic E-state index is -0.351. The van der Waals surface area contributed by atoms with Gasteiger partial charge in [-0.1, -0.05) is 37.9 Å². The SMILES string of the molecule is CCOC(=O)Cc1cc(Br)cc(C(Br)C(C)=O)c1. The largest absolute Gasteiger partial charge is 0.466 e. The van der Waals surface area contributed by atoms with E-state index in [1.165, 1.54) is 6.92 Å². The molecule has 98 valence electrons. The van der Waals surface area contributed by atoms with Crippen molar-refractivity contribution in [1.82, 2.24) is 0 Å². The monoisotopic (exact) mass is 376 g/mol. The second kappa shape index (κ2) is 7.04. The van der Waals surface area contributed by atoms with E-state index in [1.807, 2.05) is 18.2 Å². The van der Waals surface area contributed by atoms with Gasteiger partial charge in [0.05, 0.1) is 17.9 Å². The highest BCUT2D eigenvalue weighted by atomic mass is 79.9. The molecule has 0 saturated carbocycles. The van der Waals surface area contributed by atoms with E-state index in [9.17, 15) is 9.59 Å². The Morgan fingerprint density at radius 2 is 2.00 bits per heavy atom. The van der Waals surface area contributed by atoms with Crippen LogP contribution in [0.1, 0.15) is 29.8 Å². The highest BCUT2D eigenvalue weighted by molar-refractivity contribution is 9.10. The van der Waals surface area contributed by atoms with E-state index >= 15 is 0 Å². The Bertz CT molecular complexity index is 458. The second-order valence-electron chi connectivity index (χ2n) is 3.85. The van der Waals surface area contributed by atoms with Crippen molar-refractivity contribution in [2.45, 2.75) is 25.1 Å². The first kappa shape index (κ1) is 15.4. The number of halogens is 2. The van der Waals surface area contributed by atoms with Crippen LogP contribution in [-0.2, 0) is 20.7 Å². The molecule has 0 spiro atoms. The van der Waals surface area contributed by atoms with Crippen LogP contribution >= 0.6 is 31.9 Å². The molecule has 0 aliphatic carbocycles. The molecular weight excluding hydrogens is 364 g/mol. The van der Waals surface area contributed by atoms with E-state index in [1.54, 1.807) is 6.92 Å². The van der Waals surface area contributed by atoms with Gasteiger partial charge >= 0.3 is 5.97 Å². The van der Waals surface area contributed by atoms with Crippen molar-refractivity contribution in [3.05, 3.63) is 33.8 Å². The summed E-state index contributed by atoms with van der Waals surface area (Å²) in [5.74, 6) is -0.245. The van der Waals surface area contributed by atoms with Gasteiger partial charge in [0.1, 0.15) is 5.78 Å². The number of carbonyl (C=O) groups excluding carboxylic acids is 2. The smallest absolute Gasteiger partial charge is 0.310 e. The number of Topliss-reactive ketones (excluding diaryl/α,β-unsaturated/α-hetero) is 1. The molecule has 5 heteroatoms. The van der Waals surface area contributed by atoms with Crippen molar-refractivity contribution < 1.29 is 14.3 Å². The predicted molar refractivity (Wildman–Crippen MR) is 76.8 cm³/mol. The summed E-state index contributed by atoms with van der Waals surface area (Å²) >= 11 is 6.70. The summed E-state index contributed by atoms with van der Waals surface area (Å²) < 4.78 is 5.74. The van der Waals surface area contributed by atoms with Crippen molar-refractivity contribution in [1.29, 1.82) is 0 Å². The Labute approximate surface area is 123 Å². The van der Waals surface area contributed by atoms with Crippen LogP contribution in [0.5, 0.6) is 0 Å². The number of hydrogen-bond acceptors (Lipinski definition) is 3. The summed E-state index contributed by atoms with van der Waals surface area (Å²) in [5.41, 5.74) is 1.65. The van der Waals surface area contributed by atoms with Crippen molar-refractivity contribution in [2.75, 3.05) is 6.61 Å². The molecule has 1 aromatic rings. The maximum atomic E-state index is 11.4. The van der Waals surface area contributed by atoms with Crippen molar-refractivity contribution in [2.24, 2.45) is 0 Å². The van der Waals surface area contributed by atoms with Crippen LogP contribution in [0.4, 0.5) is 0 Å². The molecule has 0 aromatic heterocycles. The molecule has 0 bridgehead atoms. The number of alkyl halides is 1. The van der Waals surface area contributed by atoms with Gasteiger partial charge in [-0.3, -0.25) is 9.59 Å². The maximum Gasteiger partial charge on any atom is 0.310 e. The molecule has 0 aliphatic rings. The van der Waals surface area contributed by atoms with E-state index in [4.69, 9.17) is 4.74 Å². The third-order valence-electron chi connectivity index (χ3n) is 2.28. The molecule has 3 nitrogen and oxygen atoms in total. The third-order valence-corrected chi connectivity index (χ3v) is 3.91. The zero-order valence-electron chi connectivity index (χ0n) is 10.2. The maximum absolute atomic E-state index is 11.4. The number of esters is 1. The van der Waals surface area contributed by atoms with Gasteiger partial charge in [0.2, 0.25) is 0 Å². The quantitative estimate of drug-likeness (QED) is 0.581.